The van der Waals surface area contributed by atoms with Crippen LogP contribution in [0.4, 0.5) is 10.8 Å². The van der Waals surface area contributed by atoms with Crippen LogP contribution in [0, 0.1) is 5.92 Å². The molecular weight excluding hydrogens is 410 g/mol. The van der Waals surface area contributed by atoms with Crippen molar-refractivity contribution < 1.29 is 4.79 Å². The number of rotatable bonds is 6. The number of fused-ring (bicyclic) bond motifs is 2. The van der Waals surface area contributed by atoms with E-state index >= 15 is 0 Å². The number of nitrogens with two attached hydrogens (primary N) is 1. The smallest absolute Gasteiger partial charge is 0.269 e. The van der Waals surface area contributed by atoms with Crippen LogP contribution in [0.25, 0.3) is 10.2 Å². The Labute approximate surface area is 176 Å². The van der Waals surface area contributed by atoms with Crippen LogP contribution in [0.5, 0.6) is 0 Å². The Balaban J connectivity index is 1.57. The van der Waals surface area contributed by atoms with E-state index in [2.05, 4.69) is 35.4 Å². The van der Waals surface area contributed by atoms with E-state index in [1.807, 2.05) is 0 Å². The van der Waals surface area contributed by atoms with E-state index in [4.69, 9.17) is 10.7 Å². The van der Waals surface area contributed by atoms with E-state index in [9.17, 15) is 4.79 Å². The number of anilines is 2. The summed E-state index contributed by atoms with van der Waals surface area (Å²) in [5.74, 6) is 1.46. The summed E-state index contributed by atoms with van der Waals surface area (Å²) in [5, 5.41) is 12.4. The zero-order valence-electron chi connectivity index (χ0n) is 15.9. The molecule has 0 aromatic carbocycles. The summed E-state index contributed by atoms with van der Waals surface area (Å²) in [6.45, 7) is 4.36. The molecule has 0 saturated carbocycles. The van der Waals surface area contributed by atoms with E-state index < -0.39 is 0 Å². The molecule has 1 amide bonds. The zero-order chi connectivity index (χ0) is 19.7. The second kappa shape index (κ2) is 8.34. The molecule has 1 aliphatic carbocycles. The van der Waals surface area contributed by atoms with Gasteiger partial charge < -0.3 is 5.73 Å². The number of hydrogen-bond donors (Lipinski definition) is 2. The SMILES string of the molecule is CCCSc1nnc(NC(=O)c2sc3nc4c(cc3c2N)CC(CC)CC4)s1. The van der Waals surface area contributed by atoms with E-state index in [1.54, 1.807) is 11.8 Å². The minimum absolute atomic E-state index is 0.243. The normalized spacial score (nSPS) is 16.3. The van der Waals surface area contributed by atoms with Crippen LogP contribution in [0.2, 0.25) is 0 Å². The van der Waals surface area contributed by atoms with Crippen molar-refractivity contribution in [2.24, 2.45) is 5.92 Å². The van der Waals surface area contributed by atoms with Gasteiger partial charge in [0.05, 0.1) is 5.69 Å². The van der Waals surface area contributed by atoms with Crippen molar-refractivity contribution >= 4 is 61.4 Å². The van der Waals surface area contributed by atoms with Gasteiger partial charge in [-0.15, -0.1) is 21.5 Å². The minimum Gasteiger partial charge on any atom is -0.397 e. The van der Waals surface area contributed by atoms with Gasteiger partial charge in [-0.3, -0.25) is 10.1 Å². The summed E-state index contributed by atoms with van der Waals surface area (Å²) in [5.41, 5.74) is 9.29. The second-order valence-corrected chi connectivity index (χ2v) is 10.3. The van der Waals surface area contributed by atoms with Gasteiger partial charge in [-0.05, 0) is 43.2 Å². The van der Waals surface area contributed by atoms with E-state index in [1.165, 1.54) is 41.1 Å². The lowest BCUT2D eigenvalue weighted by atomic mass is 9.85. The Kier molecular flexibility index (Phi) is 5.84. The van der Waals surface area contributed by atoms with E-state index in [0.717, 1.165) is 45.3 Å². The number of thiophene rings is 1. The predicted octanol–water partition coefficient (Wildman–Crippen LogP) is 5.00. The second-order valence-electron chi connectivity index (χ2n) is 6.98. The van der Waals surface area contributed by atoms with Crippen LogP contribution >= 0.6 is 34.4 Å². The van der Waals surface area contributed by atoms with Crippen molar-refractivity contribution in [2.75, 3.05) is 16.8 Å². The highest BCUT2D eigenvalue weighted by atomic mass is 32.2. The Hall–Kier alpha value is -1.71. The molecule has 6 nitrogen and oxygen atoms in total. The molecule has 3 aromatic rings. The average Bonchev–Trinajstić information content (AvgIpc) is 3.28. The predicted molar refractivity (Wildman–Crippen MR) is 119 cm³/mol. The number of thioether (sulfide) groups is 1. The molecule has 0 aliphatic heterocycles. The van der Waals surface area contributed by atoms with Gasteiger partial charge in [-0.2, -0.15) is 0 Å². The summed E-state index contributed by atoms with van der Waals surface area (Å²) in [6.07, 6.45) is 5.50. The van der Waals surface area contributed by atoms with Crippen molar-refractivity contribution in [3.63, 3.8) is 0 Å². The first-order chi connectivity index (χ1) is 13.6. The molecule has 0 radical (unpaired) electrons. The van der Waals surface area contributed by atoms with E-state index in [-0.39, 0.29) is 5.91 Å². The first-order valence-electron chi connectivity index (χ1n) is 9.57. The third kappa shape index (κ3) is 3.88. The van der Waals surface area contributed by atoms with Crippen LogP contribution in [0.15, 0.2) is 10.4 Å². The summed E-state index contributed by atoms with van der Waals surface area (Å²) >= 11 is 4.39. The van der Waals surface area contributed by atoms with E-state index in [0.29, 0.717) is 21.6 Å². The number of amides is 1. The van der Waals surface area contributed by atoms with Crippen molar-refractivity contribution in [3.05, 3.63) is 22.2 Å². The molecular formula is C19H23N5OS3. The van der Waals surface area contributed by atoms with Crippen LogP contribution in [-0.4, -0.2) is 26.8 Å². The van der Waals surface area contributed by atoms with Gasteiger partial charge in [0.25, 0.3) is 5.91 Å². The number of nitrogens with one attached hydrogen (secondary N) is 1. The lowest BCUT2D eigenvalue weighted by Gasteiger charge is -2.22. The number of nitrogen functional groups attached to an aromatic ring is 1. The number of pyridine rings is 1. The van der Waals surface area contributed by atoms with Gasteiger partial charge in [0.15, 0.2) is 4.34 Å². The molecule has 148 valence electrons. The molecule has 0 fully saturated rings. The lowest BCUT2D eigenvalue weighted by Crippen LogP contribution is -2.14. The molecule has 0 bridgehead atoms. The number of nitrogens with zero attached hydrogens (tertiary/aromatic N) is 3. The maximum atomic E-state index is 12.8. The molecule has 4 rings (SSSR count). The number of carbonyl (C=O) groups excluding carboxylic acids is 1. The van der Waals surface area contributed by atoms with Gasteiger partial charge in [0, 0.05) is 16.8 Å². The number of aromatic nitrogens is 3. The molecule has 0 saturated heterocycles. The Bertz CT molecular complexity index is 1010. The van der Waals surface area contributed by atoms with Crippen LogP contribution in [-0.2, 0) is 12.8 Å². The van der Waals surface area contributed by atoms with Gasteiger partial charge in [0.1, 0.15) is 9.71 Å². The van der Waals surface area contributed by atoms with Crippen molar-refractivity contribution in [1.29, 1.82) is 0 Å². The molecule has 1 unspecified atom stereocenters. The van der Waals surface area contributed by atoms with Crippen molar-refractivity contribution in [2.45, 2.75) is 50.3 Å². The summed E-state index contributed by atoms with van der Waals surface area (Å²) in [6, 6.07) is 2.15. The van der Waals surface area contributed by atoms with Crippen molar-refractivity contribution in [1.82, 2.24) is 15.2 Å². The van der Waals surface area contributed by atoms with Crippen LogP contribution < -0.4 is 11.1 Å². The lowest BCUT2D eigenvalue weighted by molar-refractivity contribution is 0.103. The molecule has 0 spiro atoms. The highest BCUT2D eigenvalue weighted by molar-refractivity contribution is 8.01. The summed E-state index contributed by atoms with van der Waals surface area (Å²) in [4.78, 5) is 18.9. The van der Waals surface area contributed by atoms with Gasteiger partial charge in [0.2, 0.25) is 5.13 Å². The molecule has 3 aromatic heterocycles. The van der Waals surface area contributed by atoms with Crippen LogP contribution in [0.3, 0.4) is 0 Å². The molecule has 1 aliphatic rings. The third-order valence-electron chi connectivity index (χ3n) is 5.03. The van der Waals surface area contributed by atoms with Gasteiger partial charge in [-0.1, -0.05) is 43.4 Å². The summed E-state index contributed by atoms with van der Waals surface area (Å²) < 4.78 is 0.862. The maximum absolute atomic E-state index is 12.8. The zero-order valence-corrected chi connectivity index (χ0v) is 18.4. The molecule has 1 atom stereocenters. The fraction of sp³-hybridized carbons (Fsp3) is 0.474. The van der Waals surface area contributed by atoms with Crippen LogP contribution in [0.1, 0.15) is 54.0 Å². The average molecular weight is 434 g/mol. The highest BCUT2D eigenvalue weighted by Gasteiger charge is 2.23. The topological polar surface area (TPSA) is 93.8 Å². The highest BCUT2D eigenvalue weighted by Crippen LogP contribution is 2.37. The standard InChI is InChI=1S/C19H23N5OS3/c1-3-7-26-19-24-23-18(28-19)22-16(25)15-14(20)12-9-11-8-10(4-2)5-6-13(11)21-17(12)27-15/h9-10H,3-8,20H2,1-2H3,(H,22,23,25). The third-order valence-corrected chi connectivity index (χ3v) is 8.32. The van der Waals surface area contributed by atoms with Crippen molar-refractivity contribution in [3.8, 4) is 0 Å². The first kappa shape index (κ1) is 19.6. The first-order valence-corrected chi connectivity index (χ1v) is 12.2. The van der Waals surface area contributed by atoms with Gasteiger partial charge >= 0.3 is 0 Å². The molecule has 28 heavy (non-hydrogen) atoms. The fourth-order valence-electron chi connectivity index (χ4n) is 3.44. The Morgan fingerprint density at radius 2 is 2.21 bits per heavy atom. The minimum atomic E-state index is -0.243. The maximum Gasteiger partial charge on any atom is 0.269 e. The molecule has 3 heterocycles. The summed E-state index contributed by atoms with van der Waals surface area (Å²) in [7, 11) is 0. The molecule has 3 N–H and O–H groups in total. The fourth-order valence-corrected chi connectivity index (χ4v) is 6.11. The monoisotopic (exact) mass is 433 g/mol. The quantitative estimate of drug-likeness (QED) is 0.420. The largest absolute Gasteiger partial charge is 0.397 e. The van der Waals surface area contributed by atoms with Gasteiger partial charge in [-0.25, -0.2) is 4.98 Å². The Morgan fingerprint density at radius 1 is 1.36 bits per heavy atom. The number of aryl methyl sites for hydroxylation is 1. The Morgan fingerprint density at radius 3 is 3.00 bits per heavy atom. The number of hydrogen-bond acceptors (Lipinski definition) is 8. The molecule has 9 heteroatoms. The number of carbonyl (C=O) groups is 1.